The fourth-order valence-corrected chi connectivity index (χ4v) is 2.01. The molecule has 0 spiro atoms. The highest BCUT2D eigenvalue weighted by molar-refractivity contribution is 6.00. The number of nitrogens with two attached hydrogens (primary N) is 1. The van der Waals surface area contributed by atoms with Gasteiger partial charge in [-0.2, -0.15) is 0 Å². The van der Waals surface area contributed by atoms with Gasteiger partial charge in [-0.1, -0.05) is 12.1 Å². The summed E-state index contributed by atoms with van der Waals surface area (Å²) in [6, 6.07) is 8.05. The molecule has 24 heavy (non-hydrogen) atoms. The largest absolute Gasteiger partial charge is 0.465 e. The molecule has 0 aliphatic carbocycles. The summed E-state index contributed by atoms with van der Waals surface area (Å²) in [7, 11) is 1.06. The van der Waals surface area contributed by atoms with Crippen LogP contribution in [0.25, 0.3) is 0 Å². The number of nitrogen functional groups attached to an aromatic ring is 1. The van der Waals surface area contributed by atoms with Gasteiger partial charge >= 0.3 is 5.97 Å². The number of hydrogen-bond donors (Lipinski definition) is 2. The second-order valence-electron chi connectivity index (χ2n) is 4.61. The van der Waals surface area contributed by atoms with Crippen LogP contribution in [-0.4, -0.2) is 22.9 Å². The first-order valence-corrected chi connectivity index (χ1v) is 6.51. The number of nitrogens with one attached hydrogen (secondary N) is 1. The summed E-state index contributed by atoms with van der Waals surface area (Å²) >= 11 is 0. The zero-order valence-electron chi connectivity index (χ0n) is 12.4. The maximum Gasteiger partial charge on any atom is 0.340 e. The van der Waals surface area contributed by atoms with E-state index in [0.29, 0.717) is 5.69 Å². The lowest BCUT2D eigenvalue weighted by molar-refractivity contribution is -0.393. The average Bonchev–Trinajstić information content (AvgIpc) is 2.55. The van der Waals surface area contributed by atoms with E-state index in [1.165, 1.54) is 0 Å². The quantitative estimate of drug-likeness (QED) is 0.367. The Balaban J connectivity index is 2.71. The number of nitro groups is 2. The van der Waals surface area contributed by atoms with Crippen molar-refractivity contribution in [2.45, 2.75) is 0 Å². The summed E-state index contributed by atoms with van der Waals surface area (Å²) in [6.07, 6.45) is 0. The van der Waals surface area contributed by atoms with Gasteiger partial charge in [0.2, 0.25) is 0 Å². The number of nitrogens with zero attached hydrogens (tertiary/aromatic N) is 2. The second-order valence-corrected chi connectivity index (χ2v) is 4.61. The third-order valence-electron chi connectivity index (χ3n) is 3.14. The molecular formula is C14H12N4O6. The molecule has 3 N–H and O–H groups in total. The molecule has 2 aromatic carbocycles. The Morgan fingerprint density at radius 1 is 1.17 bits per heavy atom. The van der Waals surface area contributed by atoms with Gasteiger partial charge in [-0.25, -0.2) is 4.79 Å². The summed E-state index contributed by atoms with van der Waals surface area (Å²) in [5.41, 5.74) is 4.52. The molecule has 0 aliphatic heterocycles. The van der Waals surface area contributed by atoms with Crippen LogP contribution >= 0.6 is 0 Å². The van der Waals surface area contributed by atoms with Crippen molar-refractivity contribution in [2.75, 3.05) is 18.2 Å². The van der Waals surface area contributed by atoms with E-state index in [-0.39, 0.29) is 16.9 Å². The lowest BCUT2D eigenvalue weighted by Crippen LogP contribution is -2.10. The molecule has 0 amide bonds. The first-order valence-electron chi connectivity index (χ1n) is 6.51. The summed E-state index contributed by atoms with van der Waals surface area (Å²) in [4.78, 5) is 32.5. The van der Waals surface area contributed by atoms with Crippen molar-refractivity contribution in [3.63, 3.8) is 0 Å². The van der Waals surface area contributed by atoms with Crippen LogP contribution in [0.5, 0.6) is 0 Å². The van der Waals surface area contributed by atoms with Gasteiger partial charge in [0.1, 0.15) is 5.69 Å². The Bertz CT molecular complexity index is 836. The zero-order valence-corrected chi connectivity index (χ0v) is 12.4. The molecule has 0 aliphatic rings. The standard InChI is InChI=1S/C14H12N4O6/c1-24-14(19)9-6-8(17(20)21)7-12(18(22)23)13(9)16-11-5-3-2-4-10(11)15/h2-7,16H,15H2,1H3. The monoisotopic (exact) mass is 332 g/mol. The Morgan fingerprint density at radius 3 is 2.38 bits per heavy atom. The van der Waals surface area contributed by atoms with Crippen molar-refractivity contribution in [3.05, 3.63) is 62.2 Å². The number of hydrogen-bond acceptors (Lipinski definition) is 8. The number of anilines is 3. The van der Waals surface area contributed by atoms with Crippen LogP contribution in [-0.2, 0) is 4.74 Å². The van der Waals surface area contributed by atoms with Crippen molar-refractivity contribution in [2.24, 2.45) is 0 Å². The van der Waals surface area contributed by atoms with Crippen molar-refractivity contribution in [1.29, 1.82) is 0 Å². The van der Waals surface area contributed by atoms with Crippen molar-refractivity contribution in [1.82, 2.24) is 0 Å². The van der Waals surface area contributed by atoms with Gasteiger partial charge in [0.05, 0.1) is 40.0 Å². The SMILES string of the molecule is COC(=O)c1cc([N+](=O)[O-])cc([N+](=O)[O-])c1Nc1ccccc1N. The van der Waals surface area contributed by atoms with Crippen LogP contribution in [0.4, 0.5) is 28.4 Å². The van der Waals surface area contributed by atoms with Crippen molar-refractivity contribution in [3.8, 4) is 0 Å². The fourth-order valence-electron chi connectivity index (χ4n) is 2.01. The molecule has 0 bridgehead atoms. The number of carbonyl (C=O) groups is 1. The van der Waals surface area contributed by atoms with Gasteiger partial charge in [0, 0.05) is 6.07 Å². The highest BCUT2D eigenvalue weighted by atomic mass is 16.6. The molecule has 124 valence electrons. The number of ether oxygens (including phenoxy) is 1. The molecule has 0 saturated carbocycles. The molecule has 0 saturated heterocycles. The summed E-state index contributed by atoms with van der Waals surface area (Å²) in [5, 5.41) is 24.9. The van der Waals surface area contributed by atoms with E-state index in [4.69, 9.17) is 5.73 Å². The van der Waals surface area contributed by atoms with Gasteiger partial charge in [-0.15, -0.1) is 0 Å². The molecular weight excluding hydrogens is 320 g/mol. The van der Waals surface area contributed by atoms with Crippen LogP contribution in [0.3, 0.4) is 0 Å². The normalized spacial score (nSPS) is 10.0. The smallest absolute Gasteiger partial charge is 0.340 e. The number of non-ortho nitro benzene ring substituents is 1. The predicted molar refractivity (Wildman–Crippen MR) is 85.2 cm³/mol. The van der Waals surface area contributed by atoms with E-state index in [1.54, 1.807) is 24.3 Å². The Morgan fingerprint density at radius 2 is 1.83 bits per heavy atom. The van der Waals surface area contributed by atoms with E-state index in [1.807, 2.05) is 0 Å². The van der Waals surface area contributed by atoms with Gasteiger partial charge in [-0.05, 0) is 12.1 Å². The minimum absolute atomic E-state index is 0.240. The minimum Gasteiger partial charge on any atom is -0.465 e. The predicted octanol–water partition coefficient (Wildman–Crippen LogP) is 2.62. The fraction of sp³-hybridized carbons (Fsp3) is 0.0714. The number of carbonyl (C=O) groups excluding carboxylic acids is 1. The first-order chi connectivity index (χ1) is 11.3. The lowest BCUT2D eigenvalue weighted by atomic mass is 10.1. The van der Waals surface area contributed by atoms with E-state index in [2.05, 4.69) is 10.1 Å². The zero-order chi connectivity index (χ0) is 17.9. The average molecular weight is 332 g/mol. The Kier molecular flexibility index (Phi) is 4.59. The summed E-state index contributed by atoms with van der Waals surface area (Å²) in [5.74, 6) is -0.959. The molecule has 0 atom stereocenters. The van der Waals surface area contributed by atoms with Crippen LogP contribution < -0.4 is 11.1 Å². The molecule has 10 nitrogen and oxygen atoms in total. The van der Waals surface area contributed by atoms with Crippen LogP contribution in [0, 0.1) is 20.2 Å². The Labute approximate surface area is 135 Å². The number of methoxy groups -OCH3 is 1. The van der Waals surface area contributed by atoms with E-state index >= 15 is 0 Å². The Hall–Kier alpha value is -3.69. The van der Waals surface area contributed by atoms with Crippen LogP contribution in [0.1, 0.15) is 10.4 Å². The lowest BCUT2D eigenvalue weighted by Gasteiger charge is -2.12. The van der Waals surface area contributed by atoms with Crippen LogP contribution in [0.15, 0.2) is 36.4 Å². The summed E-state index contributed by atoms with van der Waals surface area (Å²) < 4.78 is 4.56. The molecule has 0 heterocycles. The van der Waals surface area contributed by atoms with Crippen molar-refractivity contribution < 1.29 is 19.4 Å². The third kappa shape index (κ3) is 3.21. The summed E-state index contributed by atoms with van der Waals surface area (Å²) in [6.45, 7) is 0. The van der Waals surface area contributed by atoms with Gasteiger partial charge < -0.3 is 15.8 Å². The maximum absolute atomic E-state index is 11.9. The maximum atomic E-state index is 11.9. The minimum atomic E-state index is -0.959. The second kappa shape index (κ2) is 6.60. The highest BCUT2D eigenvalue weighted by Gasteiger charge is 2.28. The number of para-hydroxylation sites is 2. The molecule has 2 rings (SSSR count). The van der Waals surface area contributed by atoms with Crippen molar-refractivity contribution >= 4 is 34.4 Å². The van der Waals surface area contributed by atoms with Gasteiger partial charge in [0.15, 0.2) is 0 Å². The third-order valence-corrected chi connectivity index (χ3v) is 3.14. The molecule has 0 fully saturated rings. The van der Waals surface area contributed by atoms with Crippen LogP contribution in [0.2, 0.25) is 0 Å². The number of benzene rings is 2. The van der Waals surface area contributed by atoms with E-state index in [9.17, 15) is 25.0 Å². The van der Waals surface area contributed by atoms with Gasteiger partial charge in [0.25, 0.3) is 11.4 Å². The number of rotatable bonds is 5. The molecule has 0 unspecified atom stereocenters. The number of esters is 1. The van der Waals surface area contributed by atoms with E-state index < -0.39 is 27.2 Å². The van der Waals surface area contributed by atoms with E-state index in [0.717, 1.165) is 19.2 Å². The highest BCUT2D eigenvalue weighted by Crippen LogP contribution is 2.37. The topological polar surface area (TPSA) is 151 Å². The molecule has 0 aromatic heterocycles. The molecule has 0 radical (unpaired) electrons. The first kappa shape index (κ1) is 16.7. The number of nitro benzene ring substituents is 2. The molecule has 10 heteroatoms. The molecule has 2 aromatic rings. The van der Waals surface area contributed by atoms with Gasteiger partial charge in [-0.3, -0.25) is 20.2 Å².